The first-order valence-corrected chi connectivity index (χ1v) is 7.44. The number of rotatable bonds is 8. The molecule has 0 saturated heterocycles. The normalized spacial score (nSPS) is 11.1. The highest BCUT2D eigenvalue weighted by molar-refractivity contribution is 9.10. The van der Waals surface area contributed by atoms with E-state index in [0.29, 0.717) is 22.7 Å². The van der Waals surface area contributed by atoms with Crippen LogP contribution in [0.15, 0.2) is 16.9 Å². The Labute approximate surface area is 127 Å². The maximum absolute atomic E-state index is 10.9. The Hall–Kier alpha value is -1.21. The van der Waals surface area contributed by atoms with E-state index in [1.165, 1.54) is 6.20 Å². The van der Waals surface area contributed by atoms with Gasteiger partial charge in [0.15, 0.2) is 0 Å². The van der Waals surface area contributed by atoms with E-state index in [1.54, 1.807) is 6.20 Å². The van der Waals surface area contributed by atoms with Gasteiger partial charge in [-0.3, -0.25) is 15.1 Å². The number of anilines is 1. The van der Waals surface area contributed by atoms with E-state index in [-0.39, 0.29) is 5.69 Å². The number of pyridine rings is 1. The summed E-state index contributed by atoms with van der Waals surface area (Å²) < 4.78 is 0.617. The molecular formula is C13H21BrN4O2. The predicted octanol–water partition coefficient (Wildman–Crippen LogP) is 3.28. The van der Waals surface area contributed by atoms with Gasteiger partial charge in [-0.25, -0.2) is 0 Å². The summed E-state index contributed by atoms with van der Waals surface area (Å²) in [5, 5.41) is 14.0. The summed E-state index contributed by atoms with van der Waals surface area (Å²) in [4.78, 5) is 16.6. The second kappa shape index (κ2) is 8.16. The first-order chi connectivity index (χ1) is 9.43. The van der Waals surface area contributed by atoms with Crippen molar-refractivity contribution >= 4 is 27.3 Å². The van der Waals surface area contributed by atoms with Crippen molar-refractivity contribution in [1.29, 1.82) is 0 Å². The van der Waals surface area contributed by atoms with E-state index in [9.17, 15) is 10.1 Å². The molecule has 0 saturated carbocycles. The average molecular weight is 345 g/mol. The quantitative estimate of drug-likeness (QED) is 0.445. The lowest BCUT2D eigenvalue weighted by Crippen LogP contribution is -2.27. The van der Waals surface area contributed by atoms with E-state index < -0.39 is 4.92 Å². The lowest BCUT2D eigenvalue weighted by atomic mass is 10.2. The van der Waals surface area contributed by atoms with Crippen LogP contribution in [0.25, 0.3) is 0 Å². The molecule has 0 bridgehead atoms. The molecule has 1 rings (SSSR count). The maximum Gasteiger partial charge on any atom is 0.311 e. The van der Waals surface area contributed by atoms with Crippen molar-refractivity contribution in [1.82, 2.24) is 9.88 Å². The molecule has 1 aromatic heterocycles. The molecule has 0 amide bonds. The highest BCUT2D eigenvalue weighted by Crippen LogP contribution is 2.30. The fourth-order valence-electron chi connectivity index (χ4n) is 1.70. The van der Waals surface area contributed by atoms with Gasteiger partial charge in [0.25, 0.3) is 0 Å². The molecule has 1 N–H and O–H groups in total. The van der Waals surface area contributed by atoms with Gasteiger partial charge in [-0.1, -0.05) is 0 Å². The molecule has 0 unspecified atom stereocenters. The highest BCUT2D eigenvalue weighted by atomic mass is 79.9. The smallest absolute Gasteiger partial charge is 0.311 e. The van der Waals surface area contributed by atoms with Crippen LogP contribution < -0.4 is 5.32 Å². The third-order valence-electron chi connectivity index (χ3n) is 3.20. The highest BCUT2D eigenvalue weighted by Gasteiger charge is 2.16. The molecule has 0 atom stereocenters. The Balaban J connectivity index is 2.45. The molecular weight excluding hydrogens is 324 g/mol. The molecule has 6 nitrogen and oxygen atoms in total. The van der Waals surface area contributed by atoms with E-state index >= 15 is 0 Å². The minimum absolute atomic E-state index is 0.00123. The Morgan fingerprint density at radius 3 is 2.75 bits per heavy atom. The van der Waals surface area contributed by atoms with E-state index in [0.717, 1.165) is 19.4 Å². The molecule has 112 valence electrons. The van der Waals surface area contributed by atoms with Crippen LogP contribution >= 0.6 is 15.9 Å². The van der Waals surface area contributed by atoms with Gasteiger partial charge in [0, 0.05) is 18.8 Å². The molecule has 0 aromatic carbocycles. The van der Waals surface area contributed by atoms with Crippen LogP contribution in [0.5, 0.6) is 0 Å². The molecule has 0 spiro atoms. The van der Waals surface area contributed by atoms with Crippen molar-refractivity contribution in [3.8, 4) is 0 Å². The topological polar surface area (TPSA) is 71.3 Å². The van der Waals surface area contributed by atoms with Crippen LogP contribution in [0, 0.1) is 10.1 Å². The Morgan fingerprint density at radius 2 is 2.15 bits per heavy atom. The Bertz CT molecular complexity index is 454. The first-order valence-electron chi connectivity index (χ1n) is 6.65. The molecule has 0 aliphatic rings. The van der Waals surface area contributed by atoms with Gasteiger partial charge in [0.1, 0.15) is 11.9 Å². The average Bonchev–Trinajstić information content (AvgIpc) is 2.39. The summed E-state index contributed by atoms with van der Waals surface area (Å²) in [5.74, 6) is 0. The summed E-state index contributed by atoms with van der Waals surface area (Å²) in [6.07, 6.45) is 4.84. The van der Waals surface area contributed by atoms with Gasteiger partial charge in [-0.05, 0) is 56.2 Å². The Morgan fingerprint density at radius 1 is 1.45 bits per heavy atom. The number of halogens is 1. The van der Waals surface area contributed by atoms with Gasteiger partial charge in [-0.15, -0.1) is 0 Å². The molecule has 7 heteroatoms. The predicted molar refractivity (Wildman–Crippen MR) is 84.1 cm³/mol. The number of nitrogens with zero attached hydrogens (tertiary/aromatic N) is 3. The van der Waals surface area contributed by atoms with Crippen LogP contribution in [0.3, 0.4) is 0 Å². The SMILES string of the molecule is CC(C)N(C)CCCCNc1c(Br)cncc1[N+](=O)[O-]. The van der Waals surface area contributed by atoms with Crippen LogP contribution in [0.4, 0.5) is 11.4 Å². The molecule has 20 heavy (non-hydrogen) atoms. The standard InChI is InChI=1S/C13H21BrN4O2/c1-10(2)17(3)7-5-4-6-16-13-11(14)8-15-9-12(13)18(19)20/h8-10H,4-7H2,1-3H3,(H,15,16). The van der Waals surface area contributed by atoms with Crippen molar-refractivity contribution in [2.24, 2.45) is 0 Å². The lowest BCUT2D eigenvalue weighted by molar-refractivity contribution is -0.384. The van der Waals surface area contributed by atoms with E-state index in [2.05, 4.69) is 52.0 Å². The molecule has 1 heterocycles. The third kappa shape index (κ3) is 5.05. The second-order valence-electron chi connectivity index (χ2n) is 4.98. The van der Waals surface area contributed by atoms with Crippen molar-refractivity contribution in [3.63, 3.8) is 0 Å². The molecule has 0 radical (unpaired) electrons. The van der Waals surface area contributed by atoms with Crippen LogP contribution in [-0.4, -0.2) is 41.0 Å². The summed E-state index contributed by atoms with van der Waals surface area (Å²) >= 11 is 3.29. The van der Waals surface area contributed by atoms with Gasteiger partial charge in [-0.2, -0.15) is 0 Å². The molecule has 0 aliphatic carbocycles. The largest absolute Gasteiger partial charge is 0.378 e. The molecule has 0 aliphatic heterocycles. The third-order valence-corrected chi connectivity index (χ3v) is 3.80. The van der Waals surface area contributed by atoms with Crippen molar-refractivity contribution < 1.29 is 4.92 Å². The van der Waals surface area contributed by atoms with E-state index in [4.69, 9.17) is 0 Å². The monoisotopic (exact) mass is 344 g/mol. The van der Waals surface area contributed by atoms with Crippen molar-refractivity contribution in [2.45, 2.75) is 32.7 Å². The zero-order chi connectivity index (χ0) is 15.1. The van der Waals surface area contributed by atoms with Crippen molar-refractivity contribution in [3.05, 3.63) is 27.0 Å². The zero-order valence-corrected chi connectivity index (χ0v) is 13.7. The minimum Gasteiger partial charge on any atom is -0.378 e. The minimum atomic E-state index is -0.424. The lowest BCUT2D eigenvalue weighted by Gasteiger charge is -2.20. The summed E-state index contributed by atoms with van der Waals surface area (Å²) in [5.41, 5.74) is 0.501. The second-order valence-corrected chi connectivity index (χ2v) is 5.84. The first kappa shape index (κ1) is 16.8. The number of unbranched alkanes of at least 4 members (excludes halogenated alkanes) is 1. The molecule has 1 aromatic rings. The Kier molecular flexibility index (Phi) is 6.87. The van der Waals surface area contributed by atoms with Crippen LogP contribution in [-0.2, 0) is 0 Å². The van der Waals surface area contributed by atoms with E-state index in [1.807, 2.05) is 0 Å². The van der Waals surface area contributed by atoms with Crippen LogP contribution in [0.1, 0.15) is 26.7 Å². The fraction of sp³-hybridized carbons (Fsp3) is 0.615. The number of aromatic nitrogens is 1. The van der Waals surface area contributed by atoms with Gasteiger partial charge >= 0.3 is 5.69 Å². The summed E-state index contributed by atoms with van der Waals surface area (Å²) in [6, 6.07) is 0.540. The molecule has 0 fully saturated rings. The van der Waals surface area contributed by atoms with Crippen molar-refractivity contribution in [2.75, 3.05) is 25.5 Å². The summed E-state index contributed by atoms with van der Waals surface area (Å²) in [7, 11) is 2.10. The summed E-state index contributed by atoms with van der Waals surface area (Å²) in [6.45, 7) is 6.06. The number of nitrogens with one attached hydrogen (secondary N) is 1. The number of hydrogen-bond acceptors (Lipinski definition) is 5. The zero-order valence-electron chi connectivity index (χ0n) is 12.1. The van der Waals surface area contributed by atoms with Gasteiger partial charge in [0.05, 0.1) is 9.40 Å². The fourth-order valence-corrected chi connectivity index (χ4v) is 2.16. The number of nitro groups is 1. The van der Waals surface area contributed by atoms with Crippen LogP contribution in [0.2, 0.25) is 0 Å². The maximum atomic E-state index is 10.9. The number of hydrogen-bond donors (Lipinski definition) is 1. The van der Waals surface area contributed by atoms with Gasteiger partial charge < -0.3 is 10.2 Å². The van der Waals surface area contributed by atoms with Gasteiger partial charge in [0.2, 0.25) is 0 Å².